The third-order valence-electron chi connectivity index (χ3n) is 5.32. The van der Waals surface area contributed by atoms with E-state index in [2.05, 4.69) is 12.1 Å². The number of hydrogen-bond donors (Lipinski definition) is 0. The lowest BCUT2D eigenvalue weighted by Gasteiger charge is -2.33. The van der Waals surface area contributed by atoms with E-state index in [9.17, 15) is 9.59 Å². The van der Waals surface area contributed by atoms with Gasteiger partial charge in [0, 0.05) is 22.8 Å². The van der Waals surface area contributed by atoms with Gasteiger partial charge in [-0.05, 0) is 70.9 Å². The maximum atomic E-state index is 12.1. The summed E-state index contributed by atoms with van der Waals surface area (Å²) in [4.78, 5) is 27.9. The third kappa shape index (κ3) is 9.20. The number of esters is 1. The van der Waals surface area contributed by atoms with Gasteiger partial charge in [0.15, 0.2) is 0 Å². The van der Waals surface area contributed by atoms with Crippen molar-refractivity contribution < 1.29 is 19.1 Å². The molecule has 0 aromatic carbocycles. The van der Waals surface area contributed by atoms with Crippen LogP contribution in [0.15, 0.2) is 12.1 Å². The zero-order valence-electron chi connectivity index (χ0n) is 18.5. The van der Waals surface area contributed by atoms with Gasteiger partial charge in [0.25, 0.3) is 0 Å². The molecule has 0 bridgehead atoms. The second-order valence-electron chi connectivity index (χ2n) is 8.95. The van der Waals surface area contributed by atoms with Crippen molar-refractivity contribution in [3.8, 4) is 0 Å². The molecule has 1 aromatic rings. The molecule has 164 valence electrons. The lowest BCUT2D eigenvalue weighted by molar-refractivity contribution is -0.140. The molecule has 5 nitrogen and oxygen atoms in total. The number of ether oxygens (including phenoxy) is 2. The van der Waals surface area contributed by atoms with E-state index < -0.39 is 5.60 Å². The van der Waals surface area contributed by atoms with Crippen LogP contribution in [0.1, 0.15) is 75.5 Å². The SMILES string of the molecule is COC(=O)CCc1ccc(CCCCCC2CCN(C(=O)OC(C)(C)C)CC2)s1. The number of amides is 1. The van der Waals surface area contributed by atoms with E-state index in [0.717, 1.165) is 44.7 Å². The number of rotatable bonds is 9. The van der Waals surface area contributed by atoms with Crippen molar-refractivity contribution in [2.75, 3.05) is 20.2 Å². The van der Waals surface area contributed by atoms with Crippen molar-refractivity contribution in [1.82, 2.24) is 4.90 Å². The average molecular weight is 424 g/mol. The molecule has 6 heteroatoms. The van der Waals surface area contributed by atoms with E-state index in [1.165, 1.54) is 42.5 Å². The molecule has 0 unspecified atom stereocenters. The highest BCUT2D eigenvalue weighted by atomic mass is 32.1. The van der Waals surface area contributed by atoms with Crippen LogP contribution in [0.5, 0.6) is 0 Å². The van der Waals surface area contributed by atoms with Gasteiger partial charge in [-0.2, -0.15) is 0 Å². The van der Waals surface area contributed by atoms with Crippen LogP contribution in [-0.4, -0.2) is 42.8 Å². The van der Waals surface area contributed by atoms with Gasteiger partial charge in [-0.3, -0.25) is 4.79 Å². The molecule has 1 aromatic heterocycles. The first-order chi connectivity index (χ1) is 13.8. The maximum Gasteiger partial charge on any atom is 0.410 e. The number of piperidine rings is 1. The summed E-state index contributed by atoms with van der Waals surface area (Å²) < 4.78 is 10.2. The standard InChI is InChI=1S/C23H37NO4S/c1-23(2,3)28-22(26)24-16-14-18(15-17-24)8-6-5-7-9-19-10-11-20(29-19)12-13-21(25)27-4/h10-11,18H,5-9,12-17H2,1-4H3. The summed E-state index contributed by atoms with van der Waals surface area (Å²) in [7, 11) is 1.44. The van der Waals surface area contributed by atoms with Crippen LogP contribution < -0.4 is 0 Å². The summed E-state index contributed by atoms with van der Waals surface area (Å²) in [5, 5.41) is 0. The monoisotopic (exact) mass is 423 g/mol. The number of carbonyl (C=O) groups is 2. The van der Waals surface area contributed by atoms with Crippen LogP contribution in [0.3, 0.4) is 0 Å². The van der Waals surface area contributed by atoms with Gasteiger partial charge in [-0.1, -0.05) is 19.3 Å². The molecule has 1 saturated heterocycles. The lowest BCUT2D eigenvalue weighted by Crippen LogP contribution is -2.41. The third-order valence-corrected chi connectivity index (χ3v) is 6.53. The second kappa shape index (κ2) is 11.6. The fourth-order valence-electron chi connectivity index (χ4n) is 3.66. The van der Waals surface area contributed by atoms with Gasteiger partial charge in [0.1, 0.15) is 5.60 Å². The molecular formula is C23H37NO4S. The van der Waals surface area contributed by atoms with E-state index in [-0.39, 0.29) is 12.1 Å². The zero-order chi connectivity index (χ0) is 21.3. The van der Waals surface area contributed by atoms with Crippen LogP contribution in [0.4, 0.5) is 4.79 Å². The zero-order valence-corrected chi connectivity index (χ0v) is 19.3. The molecule has 1 aliphatic heterocycles. The number of nitrogens with zero attached hydrogens (tertiary/aromatic N) is 1. The van der Waals surface area contributed by atoms with Crippen molar-refractivity contribution in [1.29, 1.82) is 0 Å². The van der Waals surface area contributed by atoms with Gasteiger partial charge in [0.2, 0.25) is 0 Å². The lowest BCUT2D eigenvalue weighted by atomic mass is 9.91. The van der Waals surface area contributed by atoms with Crippen molar-refractivity contribution in [2.24, 2.45) is 5.92 Å². The number of aryl methyl sites for hydroxylation is 2. The summed E-state index contributed by atoms with van der Waals surface area (Å²) in [6.45, 7) is 7.39. The highest BCUT2D eigenvalue weighted by Crippen LogP contribution is 2.25. The van der Waals surface area contributed by atoms with Crippen molar-refractivity contribution in [3.63, 3.8) is 0 Å². The van der Waals surface area contributed by atoms with Crippen LogP contribution >= 0.6 is 11.3 Å². The molecule has 2 heterocycles. The Morgan fingerprint density at radius 2 is 1.72 bits per heavy atom. The molecule has 0 saturated carbocycles. The van der Waals surface area contributed by atoms with Gasteiger partial charge in [0.05, 0.1) is 13.5 Å². The topological polar surface area (TPSA) is 55.8 Å². The summed E-state index contributed by atoms with van der Waals surface area (Å²) in [6.07, 6.45) is 9.37. The molecule has 1 amide bonds. The Morgan fingerprint density at radius 3 is 2.34 bits per heavy atom. The molecule has 0 aliphatic carbocycles. The molecule has 2 rings (SSSR count). The Hall–Kier alpha value is -1.56. The minimum absolute atomic E-state index is 0.142. The Morgan fingerprint density at radius 1 is 1.07 bits per heavy atom. The van der Waals surface area contributed by atoms with Crippen LogP contribution in [-0.2, 0) is 27.1 Å². The average Bonchev–Trinajstić information content (AvgIpc) is 3.12. The molecule has 0 radical (unpaired) electrons. The predicted molar refractivity (Wildman–Crippen MR) is 117 cm³/mol. The fourth-order valence-corrected chi connectivity index (χ4v) is 4.72. The van der Waals surface area contributed by atoms with Crippen LogP contribution in [0.25, 0.3) is 0 Å². The summed E-state index contributed by atoms with van der Waals surface area (Å²) >= 11 is 1.82. The molecule has 0 spiro atoms. The molecule has 1 fully saturated rings. The van der Waals surface area contributed by atoms with E-state index in [0.29, 0.717) is 6.42 Å². The molecule has 0 atom stereocenters. The maximum absolute atomic E-state index is 12.1. The van der Waals surface area contributed by atoms with E-state index in [1.54, 1.807) is 0 Å². The Kier molecular flexibility index (Phi) is 9.47. The first kappa shape index (κ1) is 23.7. The van der Waals surface area contributed by atoms with Crippen molar-refractivity contribution >= 4 is 23.4 Å². The largest absolute Gasteiger partial charge is 0.469 e. The summed E-state index contributed by atoms with van der Waals surface area (Å²) in [5.74, 6) is 0.595. The van der Waals surface area contributed by atoms with Gasteiger partial charge in [-0.25, -0.2) is 4.79 Å². The smallest absolute Gasteiger partial charge is 0.410 e. The minimum Gasteiger partial charge on any atom is -0.469 e. The second-order valence-corrected chi connectivity index (χ2v) is 10.2. The number of likely N-dealkylation sites (tertiary alicyclic amines) is 1. The first-order valence-corrected chi connectivity index (χ1v) is 11.7. The van der Waals surface area contributed by atoms with E-state index >= 15 is 0 Å². The highest BCUT2D eigenvalue weighted by molar-refractivity contribution is 7.12. The first-order valence-electron chi connectivity index (χ1n) is 10.9. The van der Waals surface area contributed by atoms with Crippen LogP contribution in [0, 0.1) is 5.92 Å². The number of thiophene rings is 1. The van der Waals surface area contributed by atoms with Gasteiger partial charge < -0.3 is 14.4 Å². The predicted octanol–water partition coefficient (Wildman–Crippen LogP) is 5.60. The molecular weight excluding hydrogens is 386 g/mol. The quantitative estimate of drug-likeness (QED) is 0.383. The Balaban J connectivity index is 1.55. The highest BCUT2D eigenvalue weighted by Gasteiger charge is 2.26. The van der Waals surface area contributed by atoms with Crippen molar-refractivity contribution in [2.45, 2.75) is 84.2 Å². The Bertz CT molecular complexity index is 642. The van der Waals surface area contributed by atoms with E-state index in [1.807, 2.05) is 37.0 Å². The fraction of sp³-hybridized carbons (Fsp3) is 0.739. The van der Waals surface area contributed by atoms with Crippen LogP contribution in [0.2, 0.25) is 0 Å². The molecule has 29 heavy (non-hydrogen) atoms. The number of hydrogen-bond acceptors (Lipinski definition) is 5. The molecule has 0 N–H and O–H groups in total. The summed E-state index contributed by atoms with van der Waals surface area (Å²) in [5.41, 5.74) is -0.418. The number of unbranched alkanes of at least 4 members (excludes halogenated alkanes) is 2. The number of methoxy groups -OCH3 is 1. The van der Waals surface area contributed by atoms with Gasteiger partial charge >= 0.3 is 12.1 Å². The minimum atomic E-state index is -0.418. The van der Waals surface area contributed by atoms with E-state index in [4.69, 9.17) is 9.47 Å². The van der Waals surface area contributed by atoms with Gasteiger partial charge in [-0.15, -0.1) is 11.3 Å². The number of carbonyl (C=O) groups excluding carboxylic acids is 2. The Labute approximate surface area is 179 Å². The summed E-state index contributed by atoms with van der Waals surface area (Å²) in [6, 6.07) is 4.34. The normalized spacial score (nSPS) is 15.4. The molecule has 1 aliphatic rings. The van der Waals surface area contributed by atoms with Crippen molar-refractivity contribution in [3.05, 3.63) is 21.9 Å².